The average molecular weight is 289 g/mol. The van der Waals surface area contributed by atoms with E-state index in [9.17, 15) is 9.90 Å². The van der Waals surface area contributed by atoms with Gasteiger partial charge in [0.25, 0.3) is 0 Å². The van der Waals surface area contributed by atoms with Gasteiger partial charge in [0.2, 0.25) is 0 Å². The molecular weight excluding hydrogens is 270 g/mol. The summed E-state index contributed by atoms with van der Waals surface area (Å²) in [4.78, 5) is 11.4. The van der Waals surface area contributed by atoms with Crippen LogP contribution < -0.4 is 4.74 Å². The van der Waals surface area contributed by atoms with Crippen LogP contribution in [0.15, 0.2) is 24.3 Å². The lowest BCUT2D eigenvalue weighted by molar-refractivity contribution is 0.0691. The van der Waals surface area contributed by atoms with Crippen molar-refractivity contribution in [3.05, 3.63) is 30.0 Å². The van der Waals surface area contributed by atoms with Crippen molar-refractivity contribution in [1.29, 1.82) is 0 Å². The first kappa shape index (κ1) is 15.0. The van der Waals surface area contributed by atoms with Crippen LogP contribution in [-0.4, -0.2) is 33.2 Å². The predicted molar refractivity (Wildman–Crippen MR) is 78.6 cm³/mol. The van der Waals surface area contributed by atoms with E-state index in [1.165, 1.54) is 0 Å². The zero-order valence-corrected chi connectivity index (χ0v) is 12.4. The molecule has 0 atom stereocenters. The highest BCUT2D eigenvalue weighted by Gasteiger charge is 2.23. The lowest BCUT2D eigenvalue weighted by atomic mass is 10.1. The van der Waals surface area contributed by atoms with E-state index >= 15 is 0 Å². The third kappa shape index (κ3) is 2.89. The van der Waals surface area contributed by atoms with Gasteiger partial charge in [-0.05, 0) is 25.0 Å². The van der Waals surface area contributed by atoms with Gasteiger partial charge in [-0.2, -0.15) is 0 Å². The van der Waals surface area contributed by atoms with Gasteiger partial charge in [-0.25, -0.2) is 9.48 Å². The van der Waals surface area contributed by atoms with Crippen LogP contribution in [-0.2, 0) is 0 Å². The first-order valence-electron chi connectivity index (χ1n) is 6.95. The molecule has 2 aromatic rings. The van der Waals surface area contributed by atoms with Gasteiger partial charge in [-0.1, -0.05) is 31.2 Å². The minimum absolute atomic E-state index is 0.0323. The van der Waals surface area contributed by atoms with E-state index < -0.39 is 5.97 Å². The summed E-state index contributed by atoms with van der Waals surface area (Å²) in [5.41, 5.74) is 1.23. The fourth-order valence-corrected chi connectivity index (χ4v) is 2.37. The van der Waals surface area contributed by atoms with Gasteiger partial charge in [0, 0.05) is 5.56 Å². The van der Waals surface area contributed by atoms with E-state index in [2.05, 4.69) is 10.3 Å². The molecule has 0 amide bonds. The summed E-state index contributed by atoms with van der Waals surface area (Å²) in [5, 5.41) is 17.2. The molecule has 0 bridgehead atoms. The number of carboxylic acid groups (broad SMARTS) is 1. The lowest BCUT2D eigenvalue weighted by Gasteiger charge is -2.16. The second kappa shape index (κ2) is 6.39. The van der Waals surface area contributed by atoms with Crippen LogP contribution in [0, 0.1) is 0 Å². The molecule has 0 unspecified atom stereocenters. The van der Waals surface area contributed by atoms with E-state index in [-0.39, 0.29) is 11.7 Å². The third-order valence-corrected chi connectivity index (χ3v) is 3.53. The van der Waals surface area contributed by atoms with Gasteiger partial charge in [-0.3, -0.25) is 0 Å². The van der Waals surface area contributed by atoms with Gasteiger partial charge >= 0.3 is 5.97 Å². The van der Waals surface area contributed by atoms with Crippen molar-refractivity contribution in [2.45, 2.75) is 32.7 Å². The number of hydrogen-bond donors (Lipinski definition) is 1. The van der Waals surface area contributed by atoms with E-state index in [0.29, 0.717) is 11.4 Å². The van der Waals surface area contributed by atoms with Crippen LogP contribution in [0.25, 0.3) is 11.3 Å². The summed E-state index contributed by atoms with van der Waals surface area (Å²) < 4.78 is 6.92. The van der Waals surface area contributed by atoms with Crippen molar-refractivity contribution in [2.75, 3.05) is 7.11 Å². The maximum Gasteiger partial charge on any atom is 0.358 e. The fourth-order valence-electron chi connectivity index (χ4n) is 2.37. The van der Waals surface area contributed by atoms with Gasteiger partial charge in [-0.15, -0.1) is 5.10 Å². The molecule has 0 saturated carbocycles. The van der Waals surface area contributed by atoms with Crippen molar-refractivity contribution in [3.8, 4) is 17.0 Å². The first-order valence-corrected chi connectivity index (χ1v) is 6.95. The molecular formula is C15H19N3O3. The Labute approximate surface area is 123 Å². The van der Waals surface area contributed by atoms with Crippen LogP contribution in [0.1, 0.15) is 43.2 Å². The smallest absolute Gasteiger partial charge is 0.358 e. The molecule has 0 aliphatic heterocycles. The molecule has 0 aliphatic rings. The highest BCUT2D eigenvalue weighted by Crippen LogP contribution is 2.29. The van der Waals surface area contributed by atoms with Crippen molar-refractivity contribution < 1.29 is 14.6 Å². The zero-order valence-electron chi connectivity index (χ0n) is 12.4. The Morgan fingerprint density at radius 1 is 1.38 bits per heavy atom. The van der Waals surface area contributed by atoms with Crippen molar-refractivity contribution >= 4 is 5.97 Å². The summed E-state index contributed by atoms with van der Waals surface area (Å²) in [6.07, 6.45) is 1.71. The molecule has 6 nitrogen and oxygen atoms in total. The molecule has 1 aromatic carbocycles. The Balaban J connectivity index is 2.63. The van der Waals surface area contributed by atoms with Crippen LogP contribution in [0.4, 0.5) is 0 Å². The number of carboxylic acids is 1. The monoisotopic (exact) mass is 289 g/mol. The number of nitrogens with zero attached hydrogens (tertiary/aromatic N) is 3. The van der Waals surface area contributed by atoms with Crippen molar-refractivity contribution in [1.82, 2.24) is 15.0 Å². The van der Waals surface area contributed by atoms with Gasteiger partial charge in [0.1, 0.15) is 11.4 Å². The molecule has 112 valence electrons. The molecule has 1 N–H and O–H groups in total. The third-order valence-electron chi connectivity index (χ3n) is 3.53. The second-order valence-electron chi connectivity index (χ2n) is 4.74. The number of carbonyl (C=O) groups is 1. The Kier molecular flexibility index (Phi) is 4.57. The van der Waals surface area contributed by atoms with E-state index in [0.717, 1.165) is 18.4 Å². The Morgan fingerprint density at radius 2 is 2.10 bits per heavy atom. The lowest BCUT2D eigenvalue weighted by Crippen LogP contribution is -2.11. The maximum atomic E-state index is 11.4. The molecule has 0 aliphatic carbocycles. The van der Waals surface area contributed by atoms with Crippen LogP contribution in [0.5, 0.6) is 5.75 Å². The summed E-state index contributed by atoms with van der Waals surface area (Å²) >= 11 is 0. The number of benzene rings is 1. The molecule has 6 heteroatoms. The number of aromatic carboxylic acids is 1. The van der Waals surface area contributed by atoms with E-state index in [4.69, 9.17) is 4.74 Å². The first-order chi connectivity index (χ1) is 10.1. The molecule has 21 heavy (non-hydrogen) atoms. The van der Waals surface area contributed by atoms with Gasteiger partial charge in [0.15, 0.2) is 5.69 Å². The van der Waals surface area contributed by atoms with Crippen LogP contribution in [0.3, 0.4) is 0 Å². The number of hydrogen-bond acceptors (Lipinski definition) is 4. The molecule has 0 saturated heterocycles. The van der Waals surface area contributed by atoms with E-state index in [1.807, 2.05) is 32.0 Å². The van der Waals surface area contributed by atoms with Crippen LogP contribution >= 0.6 is 0 Å². The zero-order chi connectivity index (χ0) is 15.4. The predicted octanol–water partition coefficient (Wildman–Crippen LogP) is 3.01. The SMILES string of the molecule is CCC(CC)n1nnc(C(=O)O)c1-c1cccc(OC)c1. The van der Waals surface area contributed by atoms with Gasteiger partial charge < -0.3 is 9.84 Å². The average Bonchev–Trinajstić information content (AvgIpc) is 2.93. The Morgan fingerprint density at radius 3 is 2.67 bits per heavy atom. The standard InChI is InChI=1S/C15H19N3O3/c1-4-11(5-2)18-14(13(15(19)20)16-17-18)10-7-6-8-12(9-10)21-3/h6-9,11H,4-5H2,1-3H3,(H,19,20). The quantitative estimate of drug-likeness (QED) is 0.884. The molecule has 1 heterocycles. The maximum absolute atomic E-state index is 11.4. The Bertz CT molecular complexity index is 633. The fraction of sp³-hybridized carbons (Fsp3) is 0.400. The summed E-state index contributed by atoms with van der Waals surface area (Å²) in [6.45, 7) is 4.09. The summed E-state index contributed by atoms with van der Waals surface area (Å²) in [5.74, 6) is -0.411. The summed E-state index contributed by atoms with van der Waals surface area (Å²) in [6, 6.07) is 7.39. The molecule has 0 fully saturated rings. The number of methoxy groups -OCH3 is 1. The molecule has 2 rings (SSSR count). The largest absolute Gasteiger partial charge is 0.497 e. The summed E-state index contributed by atoms with van der Waals surface area (Å²) in [7, 11) is 1.58. The van der Waals surface area contributed by atoms with Crippen molar-refractivity contribution in [3.63, 3.8) is 0 Å². The van der Waals surface area contributed by atoms with Gasteiger partial charge in [0.05, 0.1) is 13.2 Å². The molecule has 1 aromatic heterocycles. The normalized spacial score (nSPS) is 10.9. The number of ether oxygens (including phenoxy) is 1. The minimum Gasteiger partial charge on any atom is -0.497 e. The minimum atomic E-state index is -1.08. The van der Waals surface area contributed by atoms with Crippen molar-refractivity contribution in [2.24, 2.45) is 0 Å². The molecule has 0 radical (unpaired) electrons. The van der Waals surface area contributed by atoms with Crippen LogP contribution in [0.2, 0.25) is 0 Å². The Hall–Kier alpha value is -2.37. The number of aromatic nitrogens is 3. The molecule has 0 spiro atoms. The highest BCUT2D eigenvalue weighted by atomic mass is 16.5. The highest BCUT2D eigenvalue weighted by molar-refractivity contribution is 5.92. The number of rotatable bonds is 6. The topological polar surface area (TPSA) is 77.2 Å². The van der Waals surface area contributed by atoms with E-state index in [1.54, 1.807) is 17.9 Å². The second-order valence-corrected chi connectivity index (χ2v) is 4.74.